The summed E-state index contributed by atoms with van der Waals surface area (Å²) in [5.74, 6) is -1.06. The highest BCUT2D eigenvalue weighted by Gasteiger charge is 2.58. The molecule has 16 heavy (non-hydrogen) atoms. The van der Waals surface area contributed by atoms with Crippen LogP contribution in [-0.4, -0.2) is 23.6 Å². The van der Waals surface area contributed by atoms with Gasteiger partial charge in [-0.05, 0) is 20.8 Å². The summed E-state index contributed by atoms with van der Waals surface area (Å²) in [6.45, 7) is 12.3. The topological polar surface area (TPSA) is 52.6 Å². The highest BCUT2D eigenvalue weighted by atomic mass is 16.6. The molecule has 0 aromatic heterocycles. The Balaban J connectivity index is 2.93. The maximum Gasteiger partial charge on any atom is 0.348 e. The van der Waals surface area contributed by atoms with Crippen LogP contribution >= 0.6 is 0 Å². The monoisotopic (exact) mass is 226 g/mol. The van der Waals surface area contributed by atoms with Gasteiger partial charge in [-0.25, -0.2) is 9.59 Å². The molecule has 1 rings (SSSR count). The van der Waals surface area contributed by atoms with Gasteiger partial charge in [0.2, 0.25) is 6.10 Å². The summed E-state index contributed by atoms with van der Waals surface area (Å²) >= 11 is 0. The molecule has 1 fully saturated rings. The summed E-state index contributed by atoms with van der Waals surface area (Å²) in [5, 5.41) is 0. The fraction of sp³-hybridized carbons (Fsp3) is 0.667. The molecule has 0 amide bonds. The van der Waals surface area contributed by atoms with Gasteiger partial charge in [0, 0.05) is 5.57 Å². The van der Waals surface area contributed by atoms with Gasteiger partial charge in [0.15, 0.2) is 0 Å². The van der Waals surface area contributed by atoms with E-state index in [-0.39, 0.29) is 5.57 Å². The third-order valence-electron chi connectivity index (χ3n) is 3.35. The molecule has 1 saturated heterocycles. The molecule has 0 aromatic carbocycles. The lowest BCUT2D eigenvalue weighted by atomic mass is 9.75. The van der Waals surface area contributed by atoms with Crippen molar-refractivity contribution < 1.29 is 19.1 Å². The van der Waals surface area contributed by atoms with Crippen molar-refractivity contribution in [2.45, 2.75) is 46.3 Å². The molecule has 4 heteroatoms. The van der Waals surface area contributed by atoms with E-state index in [0.29, 0.717) is 0 Å². The molecule has 0 bridgehead atoms. The van der Waals surface area contributed by atoms with Gasteiger partial charge in [-0.1, -0.05) is 20.4 Å². The van der Waals surface area contributed by atoms with E-state index in [1.165, 1.54) is 0 Å². The van der Waals surface area contributed by atoms with Gasteiger partial charge in [0.1, 0.15) is 5.60 Å². The number of rotatable bonds is 2. The van der Waals surface area contributed by atoms with Crippen molar-refractivity contribution in [3.63, 3.8) is 0 Å². The predicted molar refractivity (Wildman–Crippen MR) is 58.6 cm³/mol. The minimum Gasteiger partial charge on any atom is -0.456 e. The molecule has 4 nitrogen and oxygen atoms in total. The van der Waals surface area contributed by atoms with E-state index in [9.17, 15) is 9.59 Å². The van der Waals surface area contributed by atoms with Gasteiger partial charge < -0.3 is 9.47 Å². The number of ether oxygens (including phenoxy) is 2. The lowest BCUT2D eigenvalue weighted by molar-refractivity contribution is -0.160. The van der Waals surface area contributed by atoms with Crippen molar-refractivity contribution in [2.75, 3.05) is 0 Å². The molecule has 0 saturated carbocycles. The highest BCUT2D eigenvalue weighted by molar-refractivity contribution is 5.90. The first kappa shape index (κ1) is 12.7. The van der Waals surface area contributed by atoms with E-state index in [4.69, 9.17) is 9.47 Å². The molecule has 1 heterocycles. The molecular formula is C12H18O4. The third kappa shape index (κ3) is 1.84. The fourth-order valence-corrected chi connectivity index (χ4v) is 1.45. The second-order valence-corrected chi connectivity index (χ2v) is 5.22. The largest absolute Gasteiger partial charge is 0.456 e. The Bertz CT molecular complexity index is 352. The summed E-state index contributed by atoms with van der Waals surface area (Å²) in [7, 11) is 0. The van der Waals surface area contributed by atoms with Crippen molar-refractivity contribution in [3.05, 3.63) is 12.2 Å². The first-order chi connectivity index (χ1) is 7.09. The van der Waals surface area contributed by atoms with Crippen molar-refractivity contribution >= 4 is 11.9 Å². The Morgan fingerprint density at radius 3 is 2.19 bits per heavy atom. The van der Waals surface area contributed by atoms with Crippen LogP contribution in [0.2, 0.25) is 0 Å². The zero-order valence-electron chi connectivity index (χ0n) is 10.4. The van der Waals surface area contributed by atoms with Crippen LogP contribution in [0.1, 0.15) is 34.6 Å². The van der Waals surface area contributed by atoms with E-state index in [1.807, 2.05) is 13.8 Å². The lowest BCUT2D eigenvalue weighted by Gasteiger charge is -2.33. The maximum absolute atomic E-state index is 11.6. The van der Waals surface area contributed by atoms with Crippen LogP contribution < -0.4 is 0 Å². The van der Waals surface area contributed by atoms with Crippen molar-refractivity contribution in [2.24, 2.45) is 5.41 Å². The van der Waals surface area contributed by atoms with Crippen LogP contribution in [0, 0.1) is 5.41 Å². The number of carbonyl (C=O) groups excluding carboxylic acids is 2. The van der Waals surface area contributed by atoms with E-state index >= 15 is 0 Å². The van der Waals surface area contributed by atoms with Gasteiger partial charge in [0.05, 0.1) is 5.41 Å². The molecule has 1 aliphatic rings. The van der Waals surface area contributed by atoms with E-state index in [1.54, 1.807) is 20.8 Å². The molecule has 1 atom stereocenters. The SMILES string of the molecule is C=C(C)C(=O)OC1C(=O)OC(C)(C)C1(C)C. The average molecular weight is 226 g/mol. The molecule has 1 unspecified atom stereocenters. The Labute approximate surface area is 95.6 Å². The van der Waals surface area contributed by atoms with Crippen LogP contribution in [0.3, 0.4) is 0 Å². The Kier molecular flexibility index (Phi) is 2.88. The van der Waals surface area contributed by atoms with Crippen molar-refractivity contribution in [3.8, 4) is 0 Å². The molecule has 0 aromatic rings. The normalized spacial score (nSPS) is 26.1. The first-order valence-electron chi connectivity index (χ1n) is 5.19. The van der Waals surface area contributed by atoms with Gasteiger partial charge in [-0.3, -0.25) is 0 Å². The van der Waals surface area contributed by atoms with Crippen LogP contribution in [0.4, 0.5) is 0 Å². The Hall–Kier alpha value is -1.32. The van der Waals surface area contributed by atoms with E-state index < -0.39 is 29.1 Å². The summed E-state index contributed by atoms with van der Waals surface area (Å²) in [5.41, 5.74) is -0.937. The number of cyclic esters (lactones) is 1. The van der Waals surface area contributed by atoms with Crippen LogP contribution in [0.5, 0.6) is 0 Å². The summed E-state index contributed by atoms with van der Waals surface area (Å²) in [6.07, 6.45) is -0.869. The minimum atomic E-state index is -0.869. The molecule has 1 aliphatic heterocycles. The maximum atomic E-state index is 11.6. The van der Waals surface area contributed by atoms with Crippen LogP contribution in [0.25, 0.3) is 0 Å². The first-order valence-corrected chi connectivity index (χ1v) is 5.19. The average Bonchev–Trinajstić information content (AvgIpc) is 2.24. The summed E-state index contributed by atoms with van der Waals surface area (Å²) in [4.78, 5) is 23.0. The van der Waals surface area contributed by atoms with E-state index in [2.05, 4.69) is 6.58 Å². The van der Waals surface area contributed by atoms with Gasteiger partial charge in [-0.15, -0.1) is 0 Å². The minimum absolute atomic E-state index is 0.272. The summed E-state index contributed by atoms with van der Waals surface area (Å²) in [6, 6.07) is 0. The molecular weight excluding hydrogens is 208 g/mol. The van der Waals surface area contributed by atoms with Gasteiger partial charge in [0.25, 0.3) is 0 Å². The molecule has 0 spiro atoms. The highest BCUT2D eigenvalue weighted by Crippen LogP contribution is 2.45. The Morgan fingerprint density at radius 1 is 1.38 bits per heavy atom. The van der Waals surface area contributed by atoms with Gasteiger partial charge in [-0.2, -0.15) is 0 Å². The Morgan fingerprint density at radius 2 is 1.88 bits per heavy atom. The number of esters is 2. The number of hydrogen-bond acceptors (Lipinski definition) is 4. The van der Waals surface area contributed by atoms with Crippen LogP contribution in [0.15, 0.2) is 12.2 Å². The predicted octanol–water partition coefficient (Wildman–Crippen LogP) is 1.84. The zero-order chi connectivity index (χ0) is 12.7. The van der Waals surface area contributed by atoms with Crippen molar-refractivity contribution in [1.29, 1.82) is 0 Å². The molecule has 0 N–H and O–H groups in total. The number of hydrogen-bond donors (Lipinski definition) is 0. The van der Waals surface area contributed by atoms with Gasteiger partial charge >= 0.3 is 11.9 Å². The molecule has 0 radical (unpaired) electrons. The smallest absolute Gasteiger partial charge is 0.348 e. The molecule has 0 aliphatic carbocycles. The fourth-order valence-electron chi connectivity index (χ4n) is 1.45. The third-order valence-corrected chi connectivity index (χ3v) is 3.35. The zero-order valence-corrected chi connectivity index (χ0v) is 10.4. The number of carbonyl (C=O) groups is 2. The van der Waals surface area contributed by atoms with Crippen molar-refractivity contribution in [1.82, 2.24) is 0 Å². The quantitative estimate of drug-likeness (QED) is 0.532. The standard InChI is InChI=1S/C12H18O4/c1-7(2)9(13)15-8-10(14)16-12(5,6)11(8,3)4/h8H,1H2,2-6H3. The lowest BCUT2D eigenvalue weighted by Crippen LogP contribution is -2.43. The summed E-state index contributed by atoms with van der Waals surface area (Å²) < 4.78 is 10.3. The van der Waals surface area contributed by atoms with E-state index in [0.717, 1.165) is 0 Å². The second kappa shape index (κ2) is 3.61. The molecule has 90 valence electrons. The van der Waals surface area contributed by atoms with Crippen LogP contribution in [-0.2, 0) is 19.1 Å². The second-order valence-electron chi connectivity index (χ2n) is 5.22.